The molecule has 4 aliphatic rings. The lowest BCUT2D eigenvalue weighted by Gasteiger charge is -2.53. The van der Waals surface area contributed by atoms with Gasteiger partial charge in [-0.1, -0.05) is 13.3 Å². The highest BCUT2D eigenvalue weighted by Gasteiger charge is 2.48. The number of rotatable bonds is 3. The van der Waals surface area contributed by atoms with Crippen molar-refractivity contribution in [1.29, 1.82) is 0 Å². The number of aromatic amines is 1. The monoisotopic (exact) mass is 368 g/mol. The predicted octanol–water partition coefficient (Wildman–Crippen LogP) is 4.46. The summed E-state index contributed by atoms with van der Waals surface area (Å²) in [5.74, 6) is 2.83. The maximum absolute atomic E-state index is 11.7. The van der Waals surface area contributed by atoms with Crippen LogP contribution in [-0.4, -0.2) is 41.8 Å². The van der Waals surface area contributed by atoms with E-state index in [4.69, 9.17) is 9.47 Å². The predicted molar refractivity (Wildman–Crippen MR) is 104 cm³/mol. The average Bonchev–Trinajstić information content (AvgIpc) is 2.99. The molecule has 0 amide bonds. The van der Waals surface area contributed by atoms with Gasteiger partial charge in [0, 0.05) is 41.6 Å². The Morgan fingerprint density at radius 2 is 2.19 bits per heavy atom. The van der Waals surface area contributed by atoms with E-state index >= 15 is 0 Å². The van der Waals surface area contributed by atoms with Crippen LogP contribution in [0, 0.1) is 11.8 Å². The topological polar surface area (TPSA) is 54.6 Å². The minimum Gasteiger partial charge on any atom is -0.434 e. The van der Waals surface area contributed by atoms with Crippen molar-refractivity contribution >= 4 is 17.1 Å². The lowest BCUT2D eigenvalue weighted by Crippen LogP contribution is -2.56. The summed E-state index contributed by atoms with van der Waals surface area (Å²) in [7, 11) is 0. The fourth-order valence-corrected chi connectivity index (χ4v) is 5.98. The largest absolute Gasteiger partial charge is 0.513 e. The first-order valence-corrected chi connectivity index (χ1v) is 10.4. The summed E-state index contributed by atoms with van der Waals surface area (Å²) >= 11 is 0. The van der Waals surface area contributed by atoms with Crippen molar-refractivity contribution in [2.24, 2.45) is 11.8 Å². The van der Waals surface area contributed by atoms with Gasteiger partial charge >= 0.3 is 6.16 Å². The molecule has 5 nitrogen and oxygen atoms in total. The molecule has 5 atom stereocenters. The van der Waals surface area contributed by atoms with Crippen LogP contribution in [0.3, 0.4) is 0 Å². The second-order valence-electron chi connectivity index (χ2n) is 8.36. The van der Waals surface area contributed by atoms with Gasteiger partial charge in [0.1, 0.15) is 5.75 Å². The molecule has 1 aromatic carbocycles. The zero-order valence-corrected chi connectivity index (χ0v) is 16.2. The van der Waals surface area contributed by atoms with Crippen molar-refractivity contribution in [2.75, 3.05) is 19.7 Å². The summed E-state index contributed by atoms with van der Waals surface area (Å²) in [4.78, 5) is 18.2. The molecule has 6 rings (SSSR count). The standard InChI is InChI=1S/C22H28N2O3/c1-3-14-9-13-10-18-20-16(7-8-24(12-13)21(14)18)17-11-15(5-6-19(17)23-20)27-22(25)26-4-2/h5-6,11,13-14,18,21,23H,3-4,7-10,12H2,1-2H3. The van der Waals surface area contributed by atoms with Crippen LogP contribution >= 0.6 is 0 Å². The molecule has 1 saturated carbocycles. The summed E-state index contributed by atoms with van der Waals surface area (Å²) in [5.41, 5.74) is 4.02. The molecule has 4 heterocycles. The first-order chi connectivity index (χ1) is 13.2. The van der Waals surface area contributed by atoms with E-state index in [1.54, 1.807) is 6.92 Å². The van der Waals surface area contributed by atoms with Crippen molar-refractivity contribution in [2.45, 2.75) is 51.5 Å². The SMILES string of the molecule is CCOC(=O)Oc1ccc2[nH]c3c(c2c1)CCN1CC2CC(CC)C1C3C2. The Morgan fingerprint density at radius 3 is 3.00 bits per heavy atom. The van der Waals surface area contributed by atoms with Gasteiger partial charge in [-0.3, -0.25) is 4.90 Å². The second kappa shape index (κ2) is 6.55. The minimum atomic E-state index is -0.636. The Morgan fingerprint density at radius 1 is 1.30 bits per heavy atom. The Hall–Kier alpha value is -2.01. The summed E-state index contributed by atoms with van der Waals surface area (Å²) in [5, 5.41) is 1.20. The third kappa shape index (κ3) is 2.75. The van der Waals surface area contributed by atoms with Gasteiger partial charge in [-0.25, -0.2) is 4.79 Å². The van der Waals surface area contributed by atoms with Crippen LogP contribution in [0.25, 0.3) is 10.9 Å². The second-order valence-corrected chi connectivity index (χ2v) is 8.36. The van der Waals surface area contributed by atoms with Gasteiger partial charge < -0.3 is 14.5 Å². The van der Waals surface area contributed by atoms with Gasteiger partial charge in [0.15, 0.2) is 0 Å². The van der Waals surface area contributed by atoms with E-state index in [9.17, 15) is 4.79 Å². The smallest absolute Gasteiger partial charge is 0.434 e. The fraction of sp³-hybridized carbons (Fsp3) is 0.591. The Balaban J connectivity index is 1.53. The highest BCUT2D eigenvalue weighted by atomic mass is 16.7. The van der Waals surface area contributed by atoms with E-state index in [0.717, 1.165) is 30.3 Å². The number of piperidine rings is 2. The van der Waals surface area contributed by atoms with Gasteiger partial charge in [-0.2, -0.15) is 0 Å². The van der Waals surface area contributed by atoms with Crippen LogP contribution in [0.1, 0.15) is 50.3 Å². The molecule has 2 saturated heterocycles. The zero-order valence-electron chi connectivity index (χ0n) is 16.2. The van der Waals surface area contributed by atoms with Crippen molar-refractivity contribution in [3.8, 4) is 5.75 Å². The number of carbonyl (C=O) groups excluding carboxylic acids is 1. The summed E-state index contributed by atoms with van der Waals surface area (Å²) in [6.07, 6.45) is 4.42. The fourth-order valence-electron chi connectivity index (χ4n) is 5.98. The van der Waals surface area contributed by atoms with Crippen molar-refractivity contribution < 1.29 is 14.3 Å². The number of aromatic nitrogens is 1. The molecular formula is C22H28N2O3. The minimum absolute atomic E-state index is 0.319. The first-order valence-electron chi connectivity index (χ1n) is 10.4. The molecule has 1 N–H and O–H groups in total. The maximum atomic E-state index is 11.7. The summed E-state index contributed by atoms with van der Waals surface area (Å²) in [6.45, 7) is 6.86. The van der Waals surface area contributed by atoms with Crippen molar-refractivity contribution in [3.05, 3.63) is 29.5 Å². The quantitative estimate of drug-likeness (QED) is 0.642. The molecule has 3 aliphatic heterocycles. The number of hydrogen-bond acceptors (Lipinski definition) is 4. The maximum Gasteiger partial charge on any atom is 0.513 e. The molecule has 1 aliphatic carbocycles. The Bertz CT molecular complexity index is 874. The normalized spacial score (nSPS) is 31.4. The first kappa shape index (κ1) is 17.1. The lowest BCUT2D eigenvalue weighted by molar-refractivity contribution is -0.0134. The Kier molecular flexibility index (Phi) is 4.15. The number of fused-ring (bicyclic) bond motifs is 4. The Labute approximate surface area is 160 Å². The molecule has 0 spiro atoms. The molecule has 4 bridgehead atoms. The number of nitrogens with zero attached hydrogens (tertiary/aromatic N) is 1. The average molecular weight is 368 g/mol. The molecule has 5 unspecified atom stereocenters. The number of benzene rings is 1. The number of ether oxygens (including phenoxy) is 2. The van der Waals surface area contributed by atoms with Gasteiger partial charge in [0.25, 0.3) is 0 Å². The highest BCUT2D eigenvalue weighted by Crippen LogP contribution is 2.51. The van der Waals surface area contributed by atoms with E-state index in [2.05, 4.69) is 16.8 Å². The lowest BCUT2D eigenvalue weighted by atomic mass is 9.65. The van der Waals surface area contributed by atoms with E-state index in [1.807, 2.05) is 18.2 Å². The molecule has 1 aromatic heterocycles. The molecule has 144 valence electrons. The molecule has 5 heteroatoms. The van der Waals surface area contributed by atoms with Crippen LogP contribution in [-0.2, 0) is 11.2 Å². The van der Waals surface area contributed by atoms with Crippen LogP contribution in [0.2, 0.25) is 0 Å². The molecule has 3 fully saturated rings. The summed E-state index contributed by atoms with van der Waals surface area (Å²) in [6, 6.07) is 6.57. The van der Waals surface area contributed by atoms with E-state index in [1.165, 1.54) is 42.5 Å². The zero-order chi connectivity index (χ0) is 18.5. The molecule has 0 radical (unpaired) electrons. The molecular weight excluding hydrogens is 340 g/mol. The van der Waals surface area contributed by atoms with E-state index in [-0.39, 0.29) is 0 Å². The number of nitrogens with one attached hydrogen (secondary N) is 1. The van der Waals surface area contributed by atoms with E-state index in [0.29, 0.717) is 24.3 Å². The number of H-pyrrole nitrogens is 1. The van der Waals surface area contributed by atoms with E-state index < -0.39 is 6.16 Å². The van der Waals surface area contributed by atoms with Gasteiger partial charge in [-0.05, 0) is 61.8 Å². The highest BCUT2D eigenvalue weighted by molar-refractivity contribution is 5.87. The number of carbonyl (C=O) groups is 1. The summed E-state index contributed by atoms with van der Waals surface area (Å²) < 4.78 is 10.3. The van der Waals surface area contributed by atoms with Gasteiger partial charge in [0.05, 0.1) is 6.61 Å². The van der Waals surface area contributed by atoms with Crippen LogP contribution in [0.4, 0.5) is 4.79 Å². The third-order valence-corrected chi connectivity index (χ3v) is 6.95. The van der Waals surface area contributed by atoms with Crippen LogP contribution < -0.4 is 4.74 Å². The molecule has 27 heavy (non-hydrogen) atoms. The van der Waals surface area contributed by atoms with Crippen molar-refractivity contribution in [3.63, 3.8) is 0 Å². The third-order valence-electron chi connectivity index (χ3n) is 6.95. The van der Waals surface area contributed by atoms with Gasteiger partial charge in [0.2, 0.25) is 0 Å². The van der Waals surface area contributed by atoms with Crippen molar-refractivity contribution in [1.82, 2.24) is 9.88 Å². The molecule has 2 aromatic rings. The van der Waals surface area contributed by atoms with Gasteiger partial charge in [-0.15, -0.1) is 0 Å². The van der Waals surface area contributed by atoms with Crippen LogP contribution in [0.15, 0.2) is 18.2 Å². The van der Waals surface area contributed by atoms with Crippen LogP contribution in [0.5, 0.6) is 5.75 Å². The number of hydrogen-bond donors (Lipinski definition) is 1.